The molecular weight excluding hydrogens is 318 g/mol. The Bertz CT molecular complexity index is 975. The molecule has 0 saturated heterocycles. The van der Waals surface area contributed by atoms with Gasteiger partial charge in [0, 0.05) is 13.1 Å². The zero-order chi connectivity index (χ0) is 17.4. The van der Waals surface area contributed by atoms with Gasteiger partial charge in [-0.2, -0.15) is 5.10 Å². The van der Waals surface area contributed by atoms with E-state index < -0.39 is 0 Å². The number of nitrogens with one attached hydrogen (secondary N) is 1. The van der Waals surface area contributed by atoms with Gasteiger partial charge in [-0.1, -0.05) is 25.0 Å². The van der Waals surface area contributed by atoms with Crippen LogP contribution in [-0.4, -0.2) is 24.8 Å². The maximum absolute atomic E-state index is 12.5. The first-order valence-corrected chi connectivity index (χ1v) is 8.63. The first-order valence-electron chi connectivity index (χ1n) is 8.63. The molecule has 0 bridgehead atoms. The van der Waals surface area contributed by atoms with Gasteiger partial charge in [0.2, 0.25) is 5.91 Å². The molecule has 0 radical (unpaired) electrons. The zero-order valence-electron chi connectivity index (χ0n) is 14.2. The van der Waals surface area contributed by atoms with Crippen molar-refractivity contribution in [1.29, 1.82) is 0 Å². The Morgan fingerprint density at radius 2 is 1.92 bits per heavy atom. The number of nitrogens with zero attached hydrogens (tertiary/aromatic N) is 4. The Kier molecular flexibility index (Phi) is 3.91. The lowest BCUT2D eigenvalue weighted by atomic mass is 10.2. The number of anilines is 1. The predicted octanol–water partition coefficient (Wildman–Crippen LogP) is 2.29. The number of para-hydroxylation sites is 2. The SMILES string of the molecule is Cn1c(=O)n(CC(=O)Nc2ccnn2C2CCCC2)c2ccccc21. The molecule has 7 nitrogen and oxygen atoms in total. The Labute approximate surface area is 144 Å². The van der Waals surface area contributed by atoms with Gasteiger partial charge in [-0.05, 0) is 25.0 Å². The Balaban J connectivity index is 1.57. The van der Waals surface area contributed by atoms with Crippen LogP contribution >= 0.6 is 0 Å². The van der Waals surface area contributed by atoms with Gasteiger partial charge in [0.1, 0.15) is 12.4 Å². The number of hydrogen-bond acceptors (Lipinski definition) is 3. The summed E-state index contributed by atoms with van der Waals surface area (Å²) in [5.41, 5.74) is 1.38. The molecule has 1 saturated carbocycles. The molecule has 1 aromatic carbocycles. The first-order chi connectivity index (χ1) is 12.1. The fraction of sp³-hybridized carbons (Fsp3) is 0.389. The van der Waals surface area contributed by atoms with Crippen molar-refractivity contribution in [2.45, 2.75) is 38.3 Å². The smallest absolute Gasteiger partial charge is 0.309 e. The molecule has 1 aliphatic carbocycles. The van der Waals surface area contributed by atoms with E-state index in [1.807, 2.05) is 35.0 Å². The Hall–Kier alpha value is -2.83. The van der Waals surface area contributed by atoms with Crippen molar-refractivity contribution in [1.82, 2.24) is 18.9 Å². The molecule has 25 heavy (non-hydrogen) atoms. The van der Waals surface area contributed by atoms with Gasteiger partial charge in [0.25, 0.3) is 0 Å². The van der Waals surface area contributed by atoms with Gasteiger partial charge >= 0.3 is 5.69 Å². The standard InChI is InChI=1S/C18H21N5O2/c1-21-14-8-4-5-9-15(14)22(18(21)25)12-17(24)20-16-10-11-19-23(16)13-6-2-3-7-13/h4-5,8-11,13H,2-3,6-7,12H2,1H3,(H,20,24). The lowest BCUT2D eigenvalue weighted by Crippen LogP contribution is -2.29. The van der Waals surface area contributed by atoms with Crippen molar-refractivity contribution in [2.75, 3.05) is 5.32 Å². The van der Waals surface area contributed by atoms with E-state index in [-0.39, 0.29) is 18.1 Å². The molecule has 2 aromatic heterocycles. The minimum Gasteiger partial charge on any atom is -0.309 e. The quantitative estimate of drug-likeness (QED) is 0.792. The number of rotatable bonds is 4. The molecule has 0 spiro atoms. The molecule has 1 amide bonds. The van der Waals surface area contributed by atoms with E-state index in [2.05, 4.69) is 10.4 Å². The summed E-state index contributed by atoms with van der Waals surface area (Å²) in [4.78, 5) is 25.0. The van der Waals surface area contributed by atoms with Crippen molar-refractivity contribution >= 4 is 22.8 Å². The van der Waals surface area contributed by atoms with E-state index in [1.165, 1.54) is 17.4 Å². The van der Waals surface area contributed by atoms with Gasteiger partial charge in [0.05, 0.1) is 23.3 Å². The molecule has 0 aliphatic heterocycles. The maximum Gasteiger partial charge on any atom is 0.329 e. The van der Waals surface area contributed by atoms with Crippen LogP contribution in [0.25, 0.3) is 11.0 Å². The molecule has 0 unspecified atom stereocenters. The van der Waals surface area contributed by atoms with Crippen molar-refractivity contribution in [3.8, 4) is 0 Å². The second-order valence-corrected chi connectivity index (χ2v) is 6.56. The van der Waals surface area contributed by atoms with Crippen LogP contribution in [0.15, 0.2) is 41.3 Å². The first kappa shape index (κ1) is 15.7. The number of carbonyl (C=O) groups is 1. The Morgan fingerprint density at radius 1 is 1.20 bits per heavy atom. The summed E-state index contributed by atoms with van der Waals surface area (Å²) in [5.74, 6) is 0.475. The van der Waals surface area contributed by atoms with E-state index in [1.54, 1.807) is 17.8 Å². The number of imidazole rings is 1. The van der Waals surface area contributed by atoms with Crippen LogP contribution in [-0.2, 0) is 18.4 Å². The summed E-state index contributed by atoms with van der Waals surface area (Å²) in [6.07, 6.45) is 6.28. The Morgan fingerprint density at radius 3 is 2.68 bits per heavy atom. The molecule has 1 aliphatic rings. The number of carbonyl (C=O) groups excluding carboxylic acids is 1. The molecule has 7 heteroatoms. The number of aromatic nitrogens is 4. The third kappa shape index (κ3) is 2.75. The second kappa shape index (κ2) is 6.23. The van der Waals surface area contributed by atoms with Gasteiger partial charge in [-0.15, -0.1) is 0 Å². The fourth-order valence-electron chi connectivity index (χ4n) is 3.70. The highest BCUT2D eigenvalue weighted by atomic mass is 16.2. The van der Waals surface area contributed by atoms with Crippen LogP contribution in [0.3, 0.4) is 0 Å². The van der Waals surface area contributed by atoms with E-state index >= 15 is 0 Å². The molecule has 1 fully saturated rings. The summed E-state index contributed by atoms with van der Waals surface area (Å²) >= 11 is 0. The largest absolute Gasteiger partial charge is 0.329 e. The van der Waals surface area contributed by atoms with Crippen molar-refractivity contribution in [3.63, 3.8) is 0 Å². The number of hydrogen-bond donors (Lipinski definition) is 1. The summed E-state index contributed by atoms with van der Waals surface area (Å²) in [6.45, 7) is -0.0178. The van der Waals surface area contributed by atoms with Gasteiger partial charge in [-0.25, -0.2) is 9.48 Å². The summed E-state index contributed by atoms with van der Waals surface area (Å²) < 4.78 is 4.96. The highest BCUT2D eigenvalue weighted by Crippen LogP contribution is 2.31. The molecule has 1 N–H and O–H groups in total. The molecule has 3 aromatic rings. The van der Waals surface area contributed by atoms with Crippen molar-refractivity contribution in [2.24, 2.45) is 7.05 Å². The number of aryl methyl sites for hydroxylation is 1. The van der Waals surface area contributed by atoms with Gasteiger partial charge in [-0.3, -0.25) is 13.9 Å². The maximum atomic E-state index is 12.5. The molecule has 4 rings (SSSR count). The fourth-order valence-corrected chi connectivity index (χ4v) is 3.70. The van der Waals surface area contributed by atoms with Gasteiger partial charge < -0.3 is 5.32 Å². The van der Waals surface area contributed by atoms with Gasteiger partial charge in [0.15, 0.2) is 0 Å². The minimum absolute atomic E-state index is 0.0178. The third-order valence-electron chi connectivity index (χ3n) is 4.96. The van der Waals surface area contributed by atoms with E-state index in [0.717, 1.165) is 23.9 Å². The monoisotopic (exact) mass is 339 g/mol. The minimum atomic E-state index is -0.224. The van der Waals surface area contributed by atoms with Crippen LogP contribution in [0.1, 0.15) is 31.7 Å². The zero-order valence-corrected chi connectivity index (χ0v) is 14.2. The van der Waals surface area contributed by atoms with Crippen molar-refractivity contribution < 1.29 is 4.79 Å². The van der Waals surface area contributed by atoms with Crippen LogP contribution in [0.2, 0.25) is 0 Å². The lowest BCUT2D eigenvalue weighted by Gasteiger charge is -2.14. The van der Waals surface area contributed by atoms with Crippen LogP contribution < -0.4 is 11.0 Å². The average Bonchev–Trinajstić information content (AvgIpc) is 3.33. The topological polar surface area (TPSA) is 73.8 Å². The number of fused-ring (bicyclic) bond motifs is 1. The van der Waals surface area contributed by atoms with Crippen molar-refractivity contribution in [3.05, 3.63) is 47.0 Å². The average molecular weight is 339 g/mol. The highest BCUT2D eigenvalue weighted by molar-refractivity contribution is 5.90. The molecular formula is C18H21N5O2. The normalized spacial score (nSPS) is 15.1. The summed E-state index contributed by atoms with van der Waals surface area (Å²) in [6, 6.07) is 9.64. The predicted molar refractivity (Wildman–Crippen MR) is 95.5 cm³/mol. The molecule has 2 heterocycles. The number of benzene rings is 1. The van der Waals surface area contributed by atoms with E-state index in [0.29, 0.717) is 11.9 Å². The van der Waals surface area contributed by atoms with Crippen LogP contribution in [0.4, 0.5) is 5.82 Å². The van der Waals surface area contributed by atoms with Crippen LogP contribution in [0.5, 0.6) is 0 Å². The van der Waals surface area contributed by atoms with Crippen LogP contribution in [0, 0.1) is 0 Å². The third-order valence-corrected chi connectivity index (χ3v) is 4.96. The molecule has 0 atom stereocenters. The summed E-state index contributed by atoms with van der Waals surface area (Å²) in [5, 5.41) is 7.27. The number of amides is 1. The van der Waals surface area contributed by atoms with E-state index in [4.69, 9.17) is 0 Å². The highest BCUT2D eigenvalue weighted by Gasteiger charge is 2.21. The van der Waals surface area contributed by atoms with E-state index in [9.17, 15) is 9.59 Å². The second-order valence-electron chi connectivity index (χ2n) is 6.56. The molecule has 130 valence electrons. The summed E-state index contributed by atoms with van der Waals surface area (Å²) in [7, 11) is 1.72. The lowest BCUT2D eigenvalue weighted by molar-refractivity contribution is -0.116.